The number of unbranched alkanes of at least 4 members (excludes halogenated alkanes) is 1. The number of anilines is 1. The van der Waals surface area contributed by atoms with Crippen molar-refractivity contribution in [1.82, 2.24) is 4.90 Å². The summed E-state index contributed by atoms with van der Waals surface area (Å²) in [5.41, 5.74) is 3.59. The van der Waals surface area contributed by atoms with Crippen LogP contribution in [0.5, 0.6) is 0 Å². The number of hydrogen-bond acceptors (Lipinski definition) is 3. The first-order valence-corrected chi connectivity index (χ1v) is 10.00. The Kier molecular flexibility index (Phi) is 5.64. The van der Waals surface area contributed by atoms with Crippen molar-refractivity contribution in [3.8, 4) is 0 Å². The summed E-state index contributed by atoms with van der Waals surface area (Å²) in [6.45, 7) is 5.72. The summed E-state index contributed by atoms with van der Waals surface area (Å²) in [6.07, 6.45) is 13.5. The fourth-order valence-electron chi connectivity index (χ4n) is 3.99. The molecule has 1 saturated heterocycles. The quantitative estimate of drug-likeness (QED) is 0.726. The van der Waals surface area contributed by atoms with Crippen molar-refractivity contribution < 1.29 is 4.79 Å². The van der Waals surface area contributed by atoms with Gasteiger partial charge in [-0.2, -0.15) is 0 Å². The number of rotatable bonds is 6. The predicted molar refractivity (Wildman–Crippen MR) is 111 cm³/mol. The smallest absolute Gasteiger partial charge is 0.269 e. The summed E-state index contributed by atoms with van der Waals surface area (Å²) in [5, 5.41) is 0. The lowest BCUT2D eigenvalue weighted by Crippen LogP contribution is -2.46. The van der Waals surface area contributed by atoms with Gasteiger partial charge in [-0.1, -0.05) is 42.0 Å². The van der Waals surface area contributed by atoms with Crippen LogP contribution in [0.2, 0.25) is 0 Å². The van der Waals surface area contributed by atoms with Crippen LogP contribution in [0.3, 0.4) is 0 Å². The van der Waals surface area contributed by atoms with Crippen molar-refractivity contribution in [2.45, 2.75) is 19.3 Å². The molecule has 0 radical (unpaired) electrons. The molecular weight excluding hydrogens is 334 g/mol. The number of piperazine rings is 1. The van der Waals surface area contributed by atoms with Crippen LogP contribution in [0.4, 0.5) is 5.69 Å². The molecule has 4 nitrogen and oxygen atoms in total. The highest BCUT2D eigenvalue weighted by Crippen LogP contribution is 2.23. The normalized spacial score (nSPS) is 22.4. The second-order valence-corrected chi connectivity index (χ2v) is 7.46. The zero-order valence-corrected chi connectivity index (χ0v) is 15.8. The molecule has 0 spiro atoms. The third-order valence-electron chi connectivity index (χ3n) is 5.57. The van der Waals surface area contributed by atoms with Crippen molar-refractivity contribution in [3.63, 3.8) is 0 Å². The molecule has 1 fully saturated rings. The fraction of sp³-hybridized carbons (Fsp3) is 0.391. The first kappa shape index (κ1) is 17.9. The van der Waals surface area contributed by atoms with Gasteiger partial charge in [0, 0.05) is 43.9 Å². The molecule has 0 N–H and O–H groups in total. The third-order valence-corrected chi connectivity index (χ3v) is 5.57. The van der Waals surface area contributed by atoms with Gasteiger partial charge in [0.25, 0.3) is 5.91 Å². The molecule has 1 atom stereocenters. The van der Waals surface area contributed by atoms with Crippen molar-refractivity contribution in [3.05, 3.63) is 66.3 Å². The number of hydrogen-bond donors (Lipinski definition) is 0. The van der Waals surface area contributed by atoms with Gasteiger partial charge in [-0.3, -0.25) is 9.69 Å². The molecule has 0 aromatic heterocycles. The second-order valence-electron chi connectivity index (χ2n) is 7.46. The van der Waals surface area contributed by atoms with Gasteiger partial charge in [0.1, 0.15) is 0 Å². The van der Waals surface area contributed by atoms with E-state index in [9.17, 15) is 4.79 Å². The SMILES string of the molecule is O=C1C=CC2C=C(CCCCN3CCN(c4ccccc4)CC3)C=CC2=N1. The molecular formula is C23H27N3O. The molecule has 1 aromatic carbocycles. The van der Waals surface area contributed by atoms with E-state index in [1.807, 2.05) is 12.2 Å². The number of carbonyl (C=O) groups is 1. The zero-order chi connectivity index (χ0) is 18.5. The summed E-state index contributed by atoms with van der Waals surface area (Å²) in [4.78, 5) is 20.5. The Labute approximate surface area is 161 Å². The third kappa shape index (κ3) is 4.64. The van der Waals surface area contributed by atoms with Crippen molar-refractivity contribution in [1.29, 1.82) is 0 Å². The Morgan fingerprint density at radius 2 is 1.78 bits per heavy atom. The second kappa shape index (κ2) is 8.49. The molecule has 1 aromatic rings. The van der Waals surface area contributed by atoms with Gasteiger partial charge in [-0.15, -0.1) is 0 Å². The number of para-hydroxylation sites is 1. The Morgan fingerprint density at radius 1 is 0.963 bits per heavy atom. The number of aliphatic imine (C=N–C) groups is 1. The van der Waals surface area contributed by atoms with Crippen LogP contribution in [0.15, 0.2) is 71.3 Å². The minimum absolute atomic E-state index is 0.143. The molecule has 4 rings (SSSR count). The first-order valence-electron chi connectivity index (χ1n) is 10.00. The van der Waals surface area contributed by atoms with E-state index in [0.717, 1.165) is 38.3 Å². The summed E-state index contributed by atoms with van der Waals surface area (Å²) in [6, 6.07) is 10.7. The van der Waals surface area contributed by atoms with E-state index in [1.165, 1.54) is 30.6 Å². The van der Waals surface area contributed by atoms with Crippen LogP contribution in [0.1, 0.15) is 19.3 Å². The van der Waals surface area contributed by atoms with Gasteiger partial charge >= 0.3 is 0 Å². The van der Waals surface area contributed by atoms with Crippen molar-refractivity contribution in [2.24, 2.45) is 10.9 Å². The van der Waals surface area contributed by atoms with Crippen LogP contribution in [0, 0.1) is 5.92 Å². The van der Waals surface area contributed by atoms with E-state index >= 15 is 0 Å². The van der Waals surface area contributed by atoms with E-state index in [2.05, 4.69) is 57.3 Å². The lowest BCUT2D eigenvalue weighted by Gasteiger charge is -2.36. The maximum absolute atomic E-state index is 11.3. The Morgan fingerprint density at radius 3 is 2.59 bits per heavy atom. The van der Waals surface area contributed by atoms with E-state index in [0.29, 0.717) is 0 Å². The summed E-state index contributed by atoms with van der Waals surface area (Å²) < 4.78 is 0. The molecule has 0 bridgehead atoms. The molecule has 2 aliphatic heterocycles. The molecule has 3 aliphatic rings. The Bertz CT molecular complexity index is 783. The highest BCUT2D eigenvalue weighted by Gasteiger charge is 2.19. The van der Waals surface area contributed by atoms with E-state index in [4.69, 9.17) is 0 Å². The van der Waals surface area contributed by atoms with Gasteiger partial charge in [-0.25, -0.2) is 4.99 Å². The van der Waals surface area contributed by atoms with Gasteiger partial charge in [0.05, 0.1) is 5.71 Å². The highest BCUT2D eigenvalue weighted by molar-refractivity contribution is 6.11. The minimum Gasteiger partial charge on any atom is -0.369 e. The summed E-state index contributed by atoms with van der Waals surface area (Å²) in [7, 11) is 0. The number of allylic oxidation sites excluding steroid dienone is 5. The summed E-state index contributed by atoms with van der Waals surface area (Å²) in [5.74, 6) is 0.0453. The monoisotopic (exact) mass is 361 g/mol. The number of amides is 1. The van der Waals surface area contributed by atoms with Crippen LogP contribution in [0.25, 0.3) is 0 Å². The van der Waals surface area contributed by atoms with Crippen LogP contribution < -0.4 is 4.90 Å². The van der Waals surface area contributed by atoms with Crippen LogP contribution in [-0.2, 0) is 4.79 Å². The lowest BCUT2D eigenvalue weighted by molar-refractivity contribution is -0.113. The Balaban J connectivity index is 1.16. The molecule has 1 aliphatic carbocycles. The molecule has 0 saturated carbocycles. The standard InChI is InChI=1S/C23H27N3O/c27-23-12-10-20-18-19(9-11-22(20)24-23)6-4-5-13-25-14-16-26(17-15-25)21-7-2-1-3-8-21/h1-3,7-12,18,20H,4-6,13-17H2. The topological polar surface area (TPSA) is 35.9 Å². The molecule has 27 heavy (non-hydrogen) atoms. The molecule has 1 unspecified atom stereocenters. The van der Waals surface area contributed by atoms with Gasteiger partial charge in [-0.05, 0) is 44.0 Å². The largest absolute Gasteiger partial charge is 0.369 e. The van der Waals surface area contributed by atoms with Crippen LogP contribution >= 0.6 is 0 Å². The molecule has 2 heterocycles. The summed E-state index contributed by atoms with van der Waals surface area (Å²) >= 11 is 0. The zero-order valence-electron chi connectivity index (χ0n) is 15.8. The fourth-order valence-corrected chi connectivity index (χ4v) is 3.99. The number of nitrogens with zero attached hydrogens (tertiary/aromatic N) is 3. The number of benzene rings is 1. The van der Waals surface area contributed by atoms with Crippen molar-refractivity contribution in [2.75, 3.05) is 37.6 Å². The lowest BCUT2D eigenvalue weighted by atomic mass is 9.90. The minimum atomic E-state index is -0.143. The van der Waals surface area contributed by atoms with Gasteiger partial charge in [0.2, 0.25) is 0 Å². The number of fused-ring (bicyclic) bond motifs is 1. The van der Waals surface area contributed by atoms with E-state index in [-0.39, 0.29) is 11.8 Å². The van der Waals surface area contributed by atoms with Crippen LogP contribution in [-0.4, -0.2) is 49.2 Å². The molecule has 4 heteroatoms. The highest BCUT2D eigenvalue weighted by atomic mass is 16.1. The average Bonchev–Trinajstić information content (AvgIpc) is 2.72. The number of dihydropyridines is 1. The Hall–Kier alpha value is -2.46. The maximum Gasteiger partial charge on any atom is 0.269 e. The average molecular weight is 361 g/mol. The molecule has 1 amide bonds. The maximum atomic E-state index is 11.3. The molecule has 140 valence electrons. The predicted octanol–water partition coefficient (Wildman–Crippen LogP) is 3.63. The van der Waals surface area contributed by atoms with Gasteiger partial charge in [0.15, 0.2) is 0 Å². The van der Waals surface area contributed by atoms with E-state index < -0.39 is 0 Å². The van der Waals surface area contributed by atoms with Crippen molar-refractivity contribution >= 4 is 17.3 Å². The number of carbonyl (C=O) groups excluding carboxylic acids is 1. The van der Waals surface area contributed by atoms with Gasteiger partial charge < -0.3 is 4.90 Å². The van der Waals surface area contributed by atoms with E-state index in [1.54, 1.807) is 6.08 Å². The first-order chi connectivity index (χ1) is 13.3.